The maximum absolute atomic E-state index is 11.2. The van der Waals surface area contributed by atoms with E-state index in [4.69, 9.17) is 0 Å². The number of hydrogen-bond acceptors (Lipinski definition) is 4. The summed E-state index contributed by atoms with van der Waals surface area (Å²) in [7, 11) is -4.16. The Bertz CT molecular complexity index is 415. The number of unbranched alkanes of at least 4 members (excludes halogenated alkanes) is 11. The number of aliphatic hydroxyl groups is 1. The second-order valence-electron chi connectivity index (χ2n) is 8.17. The summed E-state index contributed by atoms with van der Waals surface area (Å²) in [6, 6.07) is 0. The number of aliphatic hydroxyl groups excluding tert-OH is 1. The van der Waals surface area contributed by atoms with Crippen LogP contribution >= 0.6 is 0 Å². The second kappa shape index (κ2) is 21.1. The first kappa shape index (κ1) is 31.1. The molecule has 0 aromatic rings. The Morgan fingerprint density at radius 2 is 1.04 bits per heavy atom. The van der Waals surface area contributed by atoms with Gasteiger partial charge in [-0.25, -0.2) is 8.42 Å². The van der Waals surface area contributed by atoms with Crippen LogP contribution in [0.25, 0.3) is 0 Å². The van der Waals surface area contributed by atoms with Gasteiger partial charge in [0.15, 0.2) is 0 Å². The van der Waals surface area contributed by atoms with Crippen LogP contribution in [0.5, 0.6) is 0 Å². The van der Waals surface area contributed by atoms with Gasteiger partial charge in [-0.2, -0.15) is 0 Å². The van der Waals surface area contributed by atoms with Crippen molar-refractivity contribution in [3.8, 4) is 0 Å². The van der Waals surface area contributed by atoms with Crippen molar-refractivity contribution in [3.63, 3.8) is 0 Å². The fourth-order valence-electron chi connectivity index (χ4n) is 3.70. The predicted molar refractivity (Wildman–Crippen MR) is 114 cm³/mol. The zero-order valence-electron chi connectivity index (χ0n) is 19.0. The van der Waals surface area contributed by atoms with Gasteiger partial charge in [-0.1, -0.05) is 104 Å². The van der Waals surface area contributed by atoms with Gasteiger partial charge >= 0.3 is 29.6 Å². The Kier molecular flexibility index (Phi) is 23.4. The summed E-state index contributed by atoms with van der Waals surface area (Å²) in [4.78, 5) is 0. The fourth-order valence-corrected chi connectivity index (χ4v) is 4.68. The summed E-state index contributed by atoms with van der Waals surface area (Å²) in [6.07, 6.45) is 18.8. The average Bonchev–Trinajstić information content (AvgIpc) is 2.61. The molecule has 0 aliphatic carbocycles. The Morgan fingerprint density at radius 3 is 1.46 bits per heavy atom. The van der Waals surface area contributed by atoms with E-state index in [1.165, 1.54) is 57.8 Å². The van der Waals surface area contributed by atoms with E-state index in [0.717, 1.165) is 44.9 Å². The Labute approximate surface area is 197 Å². The molecule has 4 nitrogen and oxygen atoms in total. The van der Waals surface area contributed by atoms with E-state index in [1.807, 2.05) is 6.92 Å². The molecule has 0 aliphatic rings. The van der Waals surface area contributed by atoms with Crippen molar-refractivity contribution in [2.75, 3.05) is 0 Å². The van der Waals surface area contributed by atoms with Crippen LogP contribution in [0.2, 0.25) is 0 Å². The van der Waals surface area contributed by atoms with E-state index in [9.17, 15) is 18.1 Å². The summed E-state index contributed by atoms with van der Waals surface area (Å²) in [5.74, 6) is 0. The molecule has 0 heterocycles. The van der Waals surface area contributed by atoms with Gasteiger partial charge in [0.2, 0.25) is 0 Å². The molecule has 0 rings (SSSR count). The third-order valence-electron chi connectivity index (χ3n) is 5.47. The van der Waals surface area contributed by atoms with Gasteiger partial charge < -0.3 is 9.66 Å². The molecule has 0 saturated heterocycles. The van der Waals surface area contributed by atoms with E-state index in [2.05, 4.69) is 6.92 Å². The van der Waals surface area contributed by atoms with Crippen molar-refractivity contribution in [3.05, 3.63) is 0 Å². The van der Waals surface area contributed by atoms with Crippen molar-refractivity contribution < 1.29 is 47.6 Å². The molecule has 0 amide bonds. The third-order valence-corrected chi connectivity index (χ3v) is 6.76. The average molecular weight is 429 g/mol. The molecule has 28 heavy (non-hydrogen) atoms. The van der Waals surface area contributed by atoms with Gasteiger partial charge in [-0.05, 0) is 25.7 Å². The molecule has 0 aromatic heterocycles. The van der Waals surface area contributed by atoms with Gasteiger partial charge in [0, 0.05) is 5.25 Å². The van der Waals surface area contributed by atoms with Gasteiger partial charge in [0.05, 0.1) is 16.2 Å². The van der Waals surface area contributed by atoms with Crippen molar-refractivity contribution >= 4 is 10.1 Å². The second-order valence-corrected chi connectivity index (χ2v) is 9.82. The number of hydrogen-bond donors (Lipinski definition) is 1. The van der Waals surface area contributed by atoms with Crippen LogP contribution < -0.4 is 29.6 Å². The van der Waals surface area contributed by atoms with Crippen molar-refractivity contribution in [2.45, 2.75) is 141 Å². The quantitative estimate of drug-likeness (QED) is 0.183. The predicted octanol–water partition coefficient (Wildman–Crippen LogP) is 3.33. The minimum absolute atomic E-state index is 0. The minimum atomic E-state index is -4.16. The molecule has 1 N–H and O–H groups in total. The fraction of sp³-hybridized carbons (Fsp3) is 1.00. The molecular weight excluding hydrogens is 383 g/mol. The molecule has 0 aromatic carbocycles. The van der Waals surface area contributed by atoms with E-state index in [0.29, 0.717) is 12.8 Å². The summed E-state index contributed by atoms with van der Waals surface area (Å²) >= 11 is 0. The maximum atomic E-state index is 11.2. The third kappa shape index (κ3) is 20.2. The summed E-state index contributed by atoms with van der Waals surface area (Å²) in [6.45, 7) is 4.15. The van der Waals surface area contributed by atoms with E-state index in [1.54, 1.807) is 0 Å². The van der Waals surface area contributed by atoms with Crippen molar-refractivity contribution in [2.24, 2.45) is 0 Å². The van der Waals surface area contributed by atoms with E-state index in [-0.39, 0.29) is 35.7 Å². The smallest absolute Gasteiger partial charge is 0.748 e. The van der Waals surface area contributed by atoms with Crippen molar-refractivity contribution in [1.82, 2.24) is 0 Å². The van der Waals surface area contributed by atoms with Crippen LogP contribution in [0.3, 0.4) is 0 Å². The van der Waals surface area contributed by atoms with Gasteiger partial charge in [0.1, 0.15) is 0 Å². The molecule has 2 atom stereocenters. The van der Waals surface area contributed by atoms with Crippen LogP contribution in [-0.4, -0.2) is 29.4 Å². The summed E-state index contributed by atoms with van der Waals surface area (Å²) < 4.78 is 33.5. The molecule has 6 heteroatoms. The molecule has 0 aliphatic heterocycles. The minimum Gasteiger partial charge on any atom is -0.748 e. The first-order valence-electron chi connectivity index (χ1n) is 11.5. The monoisotopic (exact) mass is 428 g/mol. The molecule has 0 saturated carbocycles. The largest absolute Gasteiger partial charge is 1.00 e. The van der Waals surface area contributed by atoms with Crippen LogP contribution in [-0.2, 0) is 10.1 Å². The molecule has 2 unspecified atom stereocenters. The maximum Gasteiger partial charge on any atom is 1.00 e. The topological polar surface area (TPSA) is 77.4 Å². The molecular formula is C22H45NaO4S. The van der Waals surface area contributed by atoms with Gasteiger partial charge in [-0.3, -0.25) is 0 Å². The van der Waals surface area contributed by atoms with Gasteiger partial charge in [0.25, 0.3) is 0 Å². The molecule has 164 valence electrons. The van der Waals surface area contributed by atoms with Crippen LogP contribution in [0.1, 0.15) is 129 Å². The zero-order chi connectivity index (χ0) is 20.4. The van der Waals surface area contributed by atoms with Crippen LogP contribution in [0.15, 0.2) is 0 Å². The first-order chi connectivity index (χ1) is 12.9. The summed E-state index contributed by atoms with van der Waals surface area (Å²) in [5.41, 5.74) is 0. The van der Waals surface area contributed by atoms with E-state index >= 15 is 0 Å². The van der Waals surface area contributed by atoms with Gasteiger partial charge in [-0.15, -0.1) is 0 Å². The van der Waals surface area contributed by atoms with E-state index < -0.39 is 15.4 Å². The standard InChI is InChI=1S/C22H46O4S.Na/c1-3-5-6-7-8-9-10-11-12-14-18-21(23)19-15-13-16-20-22(17-4-2)27(24,25)26;/h21-23H,3-20H2,1-2H3,(H,24,25,26);/q;+1/p-1. The molecule has 0 fully saturated rings. The Hall–Kier alpha value is 0.870. The molecule has 0 bridgehead atoms. The Morgan fingerprint density at radius 1 is 0.643 bits per heavy atom. The molecule has 0 spiro atoms. The van der Waals surface area contributed by atoms with Crippen molar-refractivity contribution in [1.29, 1.82) is 0 Å². The Balaban J connectivity index is 0. The SMILES string of the molecule is CCCCCCCCCCCCC(O)CCCCCC(CCC)S(=O)(=O)[O-].[Na+]. The van der Waals surface area contributed by atoms with Crippen LogP contribution in [0.4, 0.5) is 0 Å². The number of rotatable bonds is 20. The van der Waals surface area contributed by atoms with Crippen LogP contribution in [0, 0.1) is 0 Å². The zero-order valence-corrected chi connectivity index (χ0v) is 21.8. The first-order valence-corrected chi connectivity index (χ1v) is 13.0. The molecule has 0 radical (unpaired) electrons. The normalized spacial score (nSPS) is 13.9. The summed E-state index contributed by atoms with van der Waals surface area (Å²) in [5, 5.41) is 9.33.